The Bertz CT molecular complexity index is 869. The molecule has 0 spiro atoms. The van der Waals surface area contributed by atoms with Crippen molar-refractivity contribution in [3.63, 3.8) is 0 Å². The molecular weight excluding hydrogens is 356 g/mol. The molecule has 144 valence electrons. The van der Waals surface area contributed by atoms with Gasteiger partial charge in [-0.15, -0.1) is 10.2 Å². The van der Waals surface area contributed by atoms with E-state index in [9.17, 15) is 9.59 Å². The molecule has 3 aromatic rings. The fourth-order valence-corrected chi connectivity index (χ4v) is 2.72. The molecule has 0 saturated heterocycles. The van der Waals surface area contributed by atoms with Crippen molar-refractivity contribution in [2.24, 2.45) is 5.92 Å². The second-order valence-electron chi connectivity index (χ2n) is 6.33. The molecule has 0 fully saturated rings. The van der Waals surface area contributed by atoms with Crippen molar-refractivity contribution in [3.05, 3.63) is 60.3 Å². The van der Waals surface area contributed by atoms with Crippen molar-refractivity contribution >= 4 is 18.5 Å². The summed E-state index contributed by atoms with van der Waals surface area (Å²) in [7, 11) is 0. The predicted molar refractivity (Wildman–Crippen MR) is 106 cm³/mol. The van der Waals surface area contributed by atoms with Crippen molar-refractivity contribution in [3.8, 4) is 11.5 Å². The average molecular weight is 378 g/mol. The molecule has 0 amide bonds. The first-order valence-corrected chi connectivity index (χ1v) is 9.04. The first-order valence-electron chi connectivity index (χ1n) is 9.04. The normalized spacial score (nSPS) is 12.9. The maximum absolute atomic E-state index is 11.4. The lowest BCUT2D eigenvalue weighted by Crippen LogP contribution is -2.32. The number of rotatable bonds is 11. The highest BCUT2D eigenvalue weighted by Crippen LogP contribution is 2.13. The summed E-state index contributed by atoms with van der Waals surface area (Å²) in [6.07, 6.45) is 3.49. The maximum Gasteiger partial charge on any atom is 0.222 e. The summed E-state index contributed by atoms with van der Waals surface area (Å²) in [5, 5.41) is 14.3. The van der Waals surface area contributed by atoms with E-state index in [0.717, 1.165) is 18.1 Å². The highest BCUT2D eigenvalue weighted by atomic mass is 16.1. The van der Waals surface area contributed by atoms with Crippen molar-refractivity contribution in [2.45, 2.75) is 5.92 Å². The summed E-state index contributed by atoms with van der Waals surface area (Å²) in [6, 6.07) is 15.1. The number of H-pyrrole nitrogens is 1. The number of aldehydes is 2. The van der Waals surface area contributed by atoms with E-state index in [1.54, 1.807) is 6.20 Å². The van der Waals surface area contributed by atoms with Gasteiger partial charge in [0.05, 0.1) is 5.92 Å². The molecule has 0 bridgehead atoms. The number of carbonyl (C=O) groups is 2. The van der Waals surface area contributed by atoms with E-state index in [-0.39, 0.29) is 11.8 Å². The molecule has 8 nitrogen and oxygen atoms in total. The number of hydrogen-bond acceptors (Lipinski definition) is 7. The number of benzene rings is 1. The zero-order chi connectivity index (χ0) is 19.6. The molecule has 1 aromatic carbocycles. The summed E-state index contributed by atoms with van der Waals surface area (Å²) in [6.45, 7) is 1.32. The quantitative estimate of drug-likeness (QED) is 0.435. The first-order chi connectivity index (χ1) is 13.8. The van der Waals surface area contributed by atoms with Crippen LogP contribution in [0.1, 0.15) is 11.5 Å². The number of anilines is 1. The van der Waals surface area contributed by atoms with Crippen LogP contribution in [0.4, 0.5) is 5.95 Å². The molecule has 2 heterocycles. The summed E-state index contributed by atoms with van der Waals surface area (Å²) in [5.41, 5.74) is 1.65. The van der Waals surface area contributed by atoms with Gasteiger partial charge < -0.3 is 25.2 Å². The fraction of sp³-hybridized carbons (Fsp3) is 0.250. The van der Waals surface area contributed by atoms with Crippen LogP contribution < -0.4 is 10.6 Å². The lowest BCUT2D eigenvalue weighted by atomic mass is 10.0. The van der Waals surface area contributed by atoms with Crippen LogP contribution in [-0.2, 0) is 9.59 Å². The first kappa shape index (κ1) is 19.4. The van der Waals surface area contributed by atoms with Crippen molar-refractivity contribution in [1.82, 2.24) is 25.5 Å². The number of nitrogens with zero attached hydrogens (tertiary/aromatic N) is 3. The molecule has 0 saturated carbocycles. The van der Waals surface area contributed by atoms with Crippen LogP contribution in [0.2, 0.25) is 0 Å². The molecule has 2 aromatic heterocycles. The van der Waals surface area contributed by atoms with Gasteiger partial charge in [-0.3, -0.25) is 4.98 Å². The molecule has 28 heavy (non-hydrogen) atoms. The number of carbonyl (C=O) groups excluding carboxylic acids is 2. The van der Waals surface area contributed by atoms with Gasteiger partial charge in [-0.1, -0.05) is 36.4 Å². The predicted octanol–water partition coefficient (Wildman–Crippen LogP) is 1.67. The van der Waals surface area contributed by atoms with Gasteiger partial charge in [-0.25, -0.2) is 0 Å². The lowest BCUT2D eigenvalue weighted by Gasteiger charge is -2.15. The second kappa shape index (κ2) is 10.1. The Morgan fingerprint density at radius 2 is 1.75 bits per heavy atom. The van der Waals surface area contributed by atoms with Crippen LogP contribution in [0.5, 0.6) is 0 Å². The van der Waals surface area contributed by atoms with E-state index < -0.39 is 0 Å². The standard InChI is InChI=1S/C20H22N6O2/c27-13-15(10-21-12-17(14-28)16-6-2-1-3-7-16)11-23-20-24-19(25-26-20)18-8-4-5-9-22-18/h1-9,13-15,17,21H,10-12H2,(H2,23,24,25,26). The van der Waals surface area contributed by atoms with E-state index in [1.165, 1.54) is 0 Å². The zero-order valence-corrected chi connectivity index (χ0v) is 15.3. The fourth-order valence-electron chi connectivity index (χ4n) is 2.72. The average Bonchev–Trinajstić information content (AvgIpc) is 3.24. The van der Waals surface area contributed by atoms with E-state index in [4.69, 9.17) is 0 Å². The van der Waals surface area contributed by atoms with E-state index in [2.05, 4.69) is 30.8 Å². The smallest absolute Gasteiger partial charge is 0.222 e. The number of pyridine rings is 1. The Balaban J connectivity index is 1.46. The molecule has 0 aliphatic rings. The third-order valence-corrected chi connectivity index (χ3v) is 4.28. The SMILES string of the molecule is O=CC(CNCC(C=O)c1ccccc1)CNc1nnc(-c2ccccn2)[nH]1. The summed E-state index contributed by atoms with van der Waals surface area (Å²) in [4.78, 5) is 29.9. The van der Waals surface area contributed by atoms with E-state index >= 15 is 0 Å². The van der Waals surface area contributed by atoms with Crippen molar-refractivity contribution < 1.29 is 9.59 Å². The van der Waals surface area contributed by atoms with Gasteiger partial charge in [0.1, 0.15) is 18.3 Å². The summed E-state index contributed by atoms with van der Waals surface area (Å²) in [5.74, 6) is 0.520. The molecule has 0 aliphatic heterocycles. The Hall–Kier alpha value is -3.39. The summed E-state index contributed by atoms with van der Waals surface area (Å²) < 4.78 is 0. The van der Waals surface area contributed by atoms with Crippen LogP contribution in [0, 0.1) is 5.92 Å². The number of hydrogen-bond donors (Lipinski definition) is 3. The van der Waals surface area contributed by atoms with Gasteiger partial charge in [0.15, 0.2) is 5.82 Å². The van der Waals surface area contributed by atoms with Crippen molar-refractivity contribution in [1.29, 1.82) is 0 Å². The molecule has 0 aliphatic carbocycles. The van der Waals surface area contributed by atoms with Crippen LogP contribution in [0.25, 0.3) is 11.5 Å². The molecular formula is C20H22N6O2. The van der Waals surface area contributed by atoms with Gasteiger partial charge in [0.2, 0.25) is 5.95 Å². The van der Waals surface area contributed by atoms with E-state index in [1.807, 2.05) is 48.5 Å². The number of aromatic amines is 1. The minimum absolute atomic E-state index is 0.239. The number of aromatic nitrogens is 4. The zero-order valence-electron chi connectivity index (χ0n) is 15.3. The Kier molecular flexibility index (Phi) is 6.97. The van der Waals surface area contributed by atoms with Crippen LogP contribution in [0.3, 0.4) is 0 Å². The highest BCUT2D eigenvalue weighted by molar-refractivity contribution is 5.62. The maximum atomic E-state index is 11.4. The topological polar surface area (TPSA) is 113 Å². The van der Waals surface area contributed by atoms with Crippen LogP contribution in [0.15, 0.2) is 54.7 Å². The van der Waals surface area contributed by atoms with Gasteiger partial charge >= 0.3 is 0 Å². The van der Waals surface area contributed by atoms with Crippen LogP contribution >= 0.6 is 0 Å². The van der Waals surface area contributed by atoms with Gasteiger partial charge in [-0.2, -0.15) is 0 Å². The van der Waals surface area contributed by atoms with Gasteiger partial charge in [0.25, 0.3) is 0 Å². The Morgan fingerprint density at radius 3 is 2.46 bits per heavy atom. The Morgan fingerprint density at radius 1 is 0.929 bits per heavy atom. The monoisotopic (exact) mass is 378 g/mol. The highest BCUT2D eigenvalue weighted by Gasteiger charge is 2.13. The van der Waals surface area contributed by atoms with Gasteiger partial charge in [-0.05, 0) is 17.7 Å². The molecule has 3 rings (SSSR count). The largest absolute Gasteiger partial charge is 0.354 e. The minimum atomic E-state index is -0.272. The van der Waals surface area contributed by atoms with E-state index in [0.29, 0.717) is 37.1 Å². The third kappa shape index (κ3) is 5.31. The second-order valence-corrected chi connectivity index (χ2v) is 6.33. The molecule has 2 unspecified atom stereocenters. The molecule has 0 radical (unpaired) electrons. The van der Waals surface area contributed by atoms with Gasteiger partial charge in [0, 0.05) is 31.7 Å². The third-order valence-electron chi connectivity index (χ3n) is 4.28. The minimum Gasteiger partial charge on any atom is -0.354 e. The van der Waals surface area contributed by atoms with Crippen LogP contribution in [-0.4, -0.2) is 52.4 Å². The Labute approximate surface area is 162 Å². The number of nitrogens with one attached hydrogen (secondary N) is 3. The summed E-state index contributed by atoms with van der Waals surface area (Å²) >= 11 is 0. The molecule has 3 N–H and O–H groups in total. The molecule has 2 atom stereocenters. The lowest BCUT2D eigenvalue weighted by molar-refractivity contribution is -0.110. The molecule has 8 heteroatoms. The van der Waals surface area contributed by atoms with Crippen molar-refractivity contribution in [2.75, 3.05) is 25.0 Å².